The second-order valence-electron chi connectivity index (χ2n) is 2.41. The summed E-state index contributed by atoms with van der Waals surface area (Å²) in [5.74, 6) is 0. The molecule has 0 spiro atoms. The van der Waals surface area contributed by atoms with Crippen molar-refractivity contribution in [2.75, 3.05) is 5.73 Å². The Labute approximate surface area is 83.2 Å². The Morgan fingerprint density at radius 2 is 1.64 bits per heavy atom. The lowest BCUT2D eigenvalue weighted by Gasteiger charge is -1.99. The summed E-state index contributed by atoms with van der Waals surface area (Å²) in [4.78, 5) is 19.2. The van der Waals surface area contributed by atoms with E-state index in [-0.39, 0.29) is 10.6 Å². The van der Waals surface area contributed by atoms with Crippen molar-refractivity contribution in [3.8, 4) is 0 Å². The zero-order valence-corrected chi connectivity index (χ0v) is 7.60. The highest BCUT2D eigenvalue weighted by molar-refractivity contribution is 7.80. The molecule has 0 saturated carbocycles. The standard InChI is InChI=1S/C6H5N3O4S/c7-3-1-6(14)5(9(12)13)2-4(3)8(10)11/h1-2,14H,7H2. The van der Waals surface area contributed by atoms with Gasteiger partial charge in [-0.15, -0.1) is 12.6 Å². The number of nitrogens with two attached hydrogens (primary N) is 1. The van der Waals surface area contributed by atoms with Gasteiger partial charge in [0.05, 0.1) is 20.8 Å². The molecule has 7 nitrogen and oxygen atoms in total. The lowest BCUT2D eigenvalue weighted by Crippen LogP contribution is -1.98. The van der Waals surface area contributed by atoms with Crippen molar-refractivity contribution in [2.45, 2.75) is 4.90 Å². The van der Waals surface area contributed by atoms with E-state index in [1.807, 2.05) is 0 Å². The normalized spacial score (nSPS) is 9.79. The molecule has 74 valence electrons. The maximum absolute atomic E-state index is 10.4. The van der Waals surface area contributed by atoms with E-state index < -0.39 is 21.2 Å². The monoisotopic (exact) mass is 215 g/mol. The number of nitrogen functional groups attached to an aromatic ring is 1. The van der Waals surface area contributed by atoms with Gasteiger partial charge in [-0.25, -0.2) is 0 Å². The van der Waals surface area contributed by atoms with Crippen molar-refractivity contribution in [2.24, 2.45) is 0 Å². The first-order valence-electron chi connectivity index (χ1n) is 3.34. The molecule has 0 fully saturated rings. The molecule has 1 rings (SSSR count). The van der Waals surface area contributed by atoms with Crippen LogP contribution in [-0.4, -0.2) is 9.85 Å². The molecular weight excluding hydrogens is 210 g/mol. The molecule has 0 atom stereocenters. The van der Waals surface area contributed by atoms with Gasteiger partial charge in [0.15, 0.2) is 0 Å². The molecule has 0 amide bonds. The molecule has 0 aliphatic carbocycles. The molecule has 0 heterocycles. The van der Waals surface area contributed by atoms with Gasteiger partial charge in [0.2, 0.25) is 0 Å². The number of nitro groups is 2. The third-order valence-corrected chi connectivity index (χ3v) is 1.88. The number of nitro benzene ring substituents is 2. The third kappa shape index (κ3) is 1.74. The van der Waals surface area contributed by atoms with Crippen molar-refractivity contribution in [3.63, 3.8) is 0 Å². The van der Waals surface area contributed by atoms with Crippen molar-refractivity contribution in [3.05, 3.63) is 32.4 Å². The van der Waals surface area contributed by atoms with Crippen LogP contribution in [-0.2, 0) is 0 Å². The van der Waals surface area contributed by atoms with E-state index in [2.05, 4.69) is 12.6 Å². The van der Waals surface area contributed by atoms with Crippen LogP contribution in [0.5, 0.6) is 0 Å². The maximum Gasteiger partial charge on any atom is 0.299 e. The number of hydrogen-bond donors (Lipinski definition) is 2. The fraction of sp³-hybridized carbons (Fsp3) is 0. The fourth-order valence-corrected chi connectivity index (χ4v) is 1.17. The van der Waals surface area contributed by atoms with Gasteiger partial charge >= 0.3 is 0 Å². The Morgan fingerprint density at radius 3 is 2.07 bits per heavy atom. The third-order valence-electron chi connectivity index (χ3n) is 1.52. The smallest absolute Gasteiger partial charge is 0.299 e. The molecule has 14 heavy (non-hydrogen) atoms. The van der Waals surface area contributed by atoms with Crippen LogP contribution in [0, 0.1) is 20.2 Å². The van der Waals surface area contributed by atoms with Gasteiger partial charge in [-0.3, -0.25) is 20.2 Å². The van der Waals surface area contributed by atoms with Crippen LogP contribution < -0.4 is 5.73 Å². The molecule has 1 aromatic rings. The SMILES string of the molecule is Nc1cc(S)c([N+](=O)[O-])cc1[N+](=O)[O-]. The molecule has 2 N–H and O–H groups in total. The maximum atomic E-state index is 10.4. The predicted octanol–water partition coefficient (Wildman–Crippen LogP) is 1.37. The predicted molar refractivity (Wildman–Crippen MR) is 51.4 cm³/mol. The van der Waals surface area contributed by atoms with Crippen LogP contribution >= 0.6 is 12.6 Å². The Bertz CT molecular complexity index is 385. The van der Waals surface area contributed by atoms with Gasteiger partial charge in [-0.2, -0.15) is 0 Å². The molecule has 0 radical (unpaired) electrons. The average molecular weight is 215 g/mol. The van der Waals surface area contributed by atoms with E-state index >= 15 is 0 Å². The summed E-state index contributed by atoms with van der Waals surface area (Å²) < 4.78 is 0. The summed E-state index contributed by atoms with van der Waals surface area (Å²) in [6.45, 7) is 0. The van der Waals surface area contributed by atoms with E-state index in [1.165, 1.54) is 0 Å². The number of hydrogen-bond acceptors (Lipinski definition) is 6. The zero-order chi connectivity index (χ0) is 10.9. The highest BCUT2D eigenvalue weighted by atomic mass is 32.1. The quantitative estimate of drug-likeness (QED) is 0.335. The molecule has 8 heteroatoms. The minimum Gasteiger partial charge on any atom is -0.393 e. The first-order chi connectivity index (χ1) is 6.43. The average Bonchev–Trinajstić information content (AvgIpc) is 2.02. The van der Waals surface area contributed by atoms with E-state index in [0.717, 1.165) is 12.1 Å². The first kappa shape index (κ1) is 10.3. The van der Waals surface area contributed by atoms with Crippen molar-refractivity contribution in [1.29, 1.82) is 0 Å². The molecule has 1 aromatic carbocycles. The van der Waals surface area contributed by atoms with Crippen molar-refractivity contribution in [1.82, 2.24) is 0 Å². The van der Waals surface area contributed by atoms with E-state index in [9.17, 15) is 20.2 Å². The minimum absolute atomic E-state index is 0.00176. The first-order valence-corrected chi connectivity index (χ1v) is 3.79. The summed E-state index contributed by atoms with van der Waals surface area (Å²) in [6, 6.07) is 1.87. The number of anilines is 1. The van der Waals surface area contributed by atoms with E-state index in [1.54, 1.807) is 0 Å². The van der Waals surface area contributed by atoms with Crippen LogP contribution in [0.1, 0.15) is 0 Å². The number of rotatable bonds is 2. The van der Waals surface area contributed by atoms with Gasteiger partial charge < -0.3 is 5.73 Å². The molecule has 0 bridgehead atoms. The molecule has 0 unspecified atom stereocenters. The van der Waals surface area contributed by atoms with Gasteiger partial charge in [-0.05, 0) is 6.07 Å². The summed E-state index contributed by atoms with van der Waals surface area (Å²) in [6.07, 6.45) is 0. The summed E-state index contributed by atoms with van der Waals surface area (Å²) in [5, 5.41) is 20.8. The summed E-state index contributed by atoms with van der Waals surface area (Å²) in [5.41, 5.74) is 4.20. The van der Waals surface area contributed by atoms with Gasteiger partial charge in [0.1, 0.15) is 5.69 Å². The van der Waals surface area contributed by atoms with E-state index in [0.29, 0.717) is 0 Å². The summed E-state index contributed by atoms with van der Waals surface area (Å²) >= 11 is 3.78. The number of benzene rings is 1. The van der Waals surface area contributed by atoms with Crippen molar-refractivity contribution < 1.29 is 9.85 Å². The number of thiol groups is 1. The lowest BCUT2D eigenvalue weighted by atomic mass is 10.2. The minimum atomic E-state index is -0.782. The van der Waals surface area contributed by atoms with Crippen LogP contribution in [0.15, 0.2) is 17.0 Å². The zero-order valence-electron chi connectivity index (χ0n) is 6.71. The Hall–Kier alpha value is -1.83. The molecule has 0 aromatic heterocycles. The number of nitrogens with zero attached hydrogens (tertiary/aromatic N) is 2. The molecule has 0 aliphatic heterocycles. The van der Waals surface area contributed by atoms with Crippen LogP contribution in [0.3, 0.4) is 0 Å². The summed E-state index contributed by atoms with van der Waals surface area (Å²) in [7, 11) is 0. The van der Waals surface area contributed by atoms with Crippen molar-refractivity contribution >= 4 is 29.7 Å². The highest BCUT2D eigenvalue weighted by Gasteiger charge is 2.21. The van der Waals surface area contributed by atoms with Gasteiger partial charge in [0.25, 0.3) is 11.4 Å². The second-order valence-corrected chi connectivity index (χ2v) is 2.90. The highest BCUT2D eigenvalue weighted by Crippen LogP contribution is 2.32. The van der Waals surface area contributed by atoms with E-state index in [4.69, 9.17) is 5.73 Å². The van der Waals surface area contributed by atoms with Gasteiger partial charge in [-0.1, -0.05) is 0 Å². The Morgan fingerprint density at radius 1 is 1.14 bits per heavy atom. The molecule has 0 aliphatic rings. The molecule has 0 saturated heterocycles. The Kier molecular flexibility index (Phi) is 2.56. The fourth-order valence-electron chi connectivity index (χ4n) is 0.886. The lowest BCUT2D eigenvalue weighted by molar-refractivity contribution is -0.395. The van der Waals surface area contributed by atoms with Crippen LogP contribution in [0.4, 0.5) is 17.1 Å². The topological polar surface area (TPSA) is 112 Å². The van der Waals surface area contributed by atoms with Crippen LogP contribution in [0.2, 0.25) is 0 Å². The Balaban J connectivity index is 3.42. The second kappa shape index (κ2) is 3.50. The largest absolute Gasteiger partial charge is 0.393 e. The molecular formula is C6H5N3O4S. The van der Waals surface area contributed by atoms with Gasteiger partial charge in [0, 0.05) is 0 Å². The van der Waals surface area contributed by atoms with Crippen LogP contribution in [0.25, 0.3) is 0 Å².